The lowest BCUT2D eigenvalue weighted by Crippen LogP contribution is -2.40. The number of rotatable bonds is 11. The molecule has 246 valence electrons. The molecule has 2 aromatic carbocycles. The number of aromatic nitrogens is 2. The van der Waals surface area contributed by atoms with Crippen molar-refractivity contribution in [2.24, 2.45) is 5.73 Å². The van der Waals surface area contributed by atoms with Gasteiger partial charge in [-0.3, -0.25) is 9.59 Å². The molecule has 4 aromatic rings. The summed E-state index contributed by atoms with van der Waals surface area (Å²) < 4.78 is 13.5. The Hall–Kier alpha value is -4.80. The highest BCUT2D eigenvalue weighted by Crippen LogP contribution is 2.30. The summed E-state index contributed by atoms with van der Waals surface area (Å²) in [5.41, 5.74) is 7.85. The molecule has 2 aromatic heterocycles. The predicted octanol–water partition coefficient (Wildman–Crippen LogP) is 6.29. The first-order valence-electron chi connectivity index (χ1n) is 15.5. The maximum atomic E-state index is 13.5. The number of pyridine rings is 2. The maximum Gasteiger partial charge on any atom is 0.251 e. The van der Waals surface area contributed by atoms with Crippen molar-refractivity contribution in [2.45, 2.75) is 44.3 Å². The van der Waals surface area contributed by atoms with Gasteiger partial charge in [-0.1, -0.05) is 54.1 Å². The average Bonchev–Trinajstić information content (AvgIpc) is 3.06. The molecule has 0 unspecified atom stereocenters. The summed E-state index contributed by atoms with van der Waals surface area (Å²) in [4.78, 5) is 33.7. The highest BCUT2D eigenvalue weighted by molar-refractivity contribution is 6.33. The van der Waals surface area contributed by atoms with Gasteiger partial charge in [0.05, 0.1) is 10.7 Å². The second-order valence-electron chi connectivity index (χ2n) is 11.5. The van der Waals surface area contributed by atoms with Gasteiger partial charge in [-0.05, 0) is 93.9 Å². The fraction of sp³-hybridized carbons (Fsp3) is 0.278. The number of carbonyl (C=O) groups excluding carboxylic acids is 2. The molecule has 0 saturated heterocycles. The van der Waals surface area contributed by atoms with Crippen LogP contribution in [0.15, 0.2) is 97.2 Å². The van der Waals surface area contributed by atoms with E-state index in [4.69, 9.17) is 22.3 Å². The summed E-state index contributed by atoms with van der Waals surface area (Å²) in [5.74, 6) is 0.731. The first-order valence-corrected chi connectivity index (χ1v) is 15.9. The first-order chi connectivity index (χ1) is 22.7. The number of nitrogens with one attached hydrogen (secondary N) is 3. The van der Waals surface area contributed by atoms with E-state index in [1.165, 1.54) is 18.2 Å². The molecule has 47 heavy (non-hydrogen) atoms. The number of nitrogens with two attached hydrogens (primary N) is 1. The highest BCUT2D eigenvalue weighted by Gasteiger charge is 2.23. The molecule has 9 nitrogen and oxygen atoms in total. The summed E-state index contributed by atoms with van der Waals surface area (Å²) >= 11 is 6.50. The van der Waals surface area contributed by atoms with E-state index in [-0.39, 0.29) is 23.8 Å². The quantitative estimate of drug-likeness (QED) is 0.140. The van der Waals surface area contributed by atoms with Gasteiger partial charge in [0.25, 0.3) is 5.91 Å². The second kappa shape index (κ2) is 17.8. The zero-order valence-electron chi connectivity index (χ0n) is 26.6. The third-order valence-electron chi connectivity index (χ3n) is 7.45. The second-order valence-corrected chi connectivity index (χ2v) is 11.9. The van der Waals surface area contributed by atoms with Crippen LogP contribution in [0.2, 0.25) is 5.02 Å². The molecule has 1 aliphatic rings. The monoisotopic (exact) mass is 657 g/mol. The number of likely N-dealkylation sites (N-methyl/N-ethyl adjacent to an activating group) is 1. The number of amides is 2. The molecule has 11 heteroatoms. The largest absolute Gasteiger partial charge is 0.367 e. The van der Waals surface area contributed by atoms with E-state index in [0.29, 0.717) is 22.9 Å². The Morgan fingerprint density at radius 1 is 0.957 bits per heavy atom. The van der Waals surface area contributed by atoms with Gasteiger partial charge in [-0.2, -0.15) is 0 Å². The zero-order chi connectivity index (χ0) is 33.6. The lowest BCUT2D eigenvalue weighted by molar-refractivity contribution is -0.113. The fourth-order valence-electron chi connectivity index (χ4n) is 5.07. The fourth-order valence-corrected chi connectivity index (χ4v) is 5.27. The van der Waals surface area contributed by atoms with E-state index in [1.54, 1.807) is 18.3 Å². The van der Waals surface area contributed by atoms with E-state index in [2.05, 4.69) is 20.9 Å². The first kappa shape index (κ1) is 35.1. The van der Waals surface area contributed by atoms with Crippen molar-refractivity contribution >= 4 is 35.1 Å². The van der Waals surface area contributed by atoms with Gasteiger partial charge < -0.3 is 26.6 Å². The van der Waals surface area contributed by atoms with Gasteiger partial charge in [-0.25, -0.2) is 14.4 Å². The van der Waals surface area contributed by atoms with Gasteiger partial charge in [-0.15, -0.1) is 0 Å². The molecule has 5 N–H and O–H groups in total. The number of carbonyl (C=O) groups is 2. The van der Waals surface area contributed by atoms with Crippen LogP contribution in [0.4, 0.5) is 16.0 Å². The molecule has 5 rings (SSSR count). The van der Waals surface area contributed by atoms with Crippen molar-refractivity contribution in [2.75, 3.05) is 31.3 Å². The summed E-state index contributed by atoms with van der Waals surface area (Å²) in [6.45, 7) is 1.21. The highest BCUT2D eigenvalue weighted by atomic mass is 35.5. The molecule has 0 bridgehead atoms. The minimum absolute atomic E-state index is 0.0221. The molecule has 0 aliphatic heterocycles. The Morgan fingerprint density at radius 3 is 2.38 bits per heavy atom. The molecule has 2 heterocycles. The van der Waals surface area contributed by atoms with Gasteiger partial charge in [0, 0.05) is 42.5 Å². The lowest BCUT2D eigenvalue weighted by Gasteiger charge is -2.30. The Bertz CT molecular complexity index is 1640. The molecular formula is C36H41ClFN7O2. The Morgan fingerprint density at radius 2 is 1.68 bits per heavy atom. The third kappa shape index (κ3) is 11.8. The van der Waals surface area contributed by atoms with E-state index in [9.17, 15) is 14.0 Å². The van der Waals surface area contributed by atoms with Gasteiger partial charge in [0.15, 0.2) is 0 Å². The molecule has 0 spiro atoms. The van der Waals surface area contributed by atoms with Gasteiger partial charge in [0.1, 0.15) is 17.5 Å². The van der Waals surface area contributed by atoms with Crippen molar-refractivity contribution in [3.63, 3.8) is 0 Å². The Balaban J connectivity index is 0.000000488. The number of halogens is 2. The molecule has 2 amide bonds. The average molecular weight is 658 g/mol. The van der Waals surface area contributed by atoms with Crippen LogP contribution in [0.25, 0.3) is 11.3 Å². The van der Waals surface area contributed by atoms with Gasteiger partial charge in [0.2, 0.25) is 5.91 Å². The Labute approximate surface area is 280 Å². The zero-order valence-corrected chi connectivity index (χ0v) is 27.4. The molecule has 0 atom stereocenters. The molecule has 1 fully saturated rings. The number of hydrogen-bond acceptors (Lipinski definition) is 7. The summed E-state index contributed by atoms with van der Waals surface area (Å²) in [6.07, 6.45) is 8.38. The van der Waals surface area contributed by atoms with E-state index < -0.39 is 5.91 Å². The van der Waals surface area contributed by atoms with E-state index in [0.717, 1.165) is 54.9 Å². The molecule has 0 radical (unpaired) electrons. The smallest absolute Gasteiger partial charge is 0.251 e. The van der Waals surface area contributed by atoms with E-state index >= 15 is 0 Å². The lowest BCUT2D eigenvalue weighted by atomic mass is 9.91. The number of hydrogen-bond donors (Lipinski definition) is 4. The predicted molar refractivity (Wildman–Crippen MR) is 187 cm³/mol. The van der Waals surface area contributed by atoms with Crippen LogP contribution in [0.1, 0.15) is 41.6 Å². The standard InChI is InChI=1S/C30H29ClFN5O.C6H12N2O/c31-26-19-34-29(35-23-12-14-24(15-13-23)36-30(38)21-7-2-1-3-8-21)17-25(26)27-10-5-11-28(37-27)33-18-20-6-4-9-22(32)16-20;1-8(2)5-3-4-6(7)9/h1-11,16-17,19,23-24H,12-15,18H2,(H,33,37)(H,34,35)(H,36,38);3-4H,5H2,1-2H3,(H2,7,9)/b;4-3+. The van der Waals surface area contributed by atoms with Crippen LogP contribution < -0.4 is 21.7 Å². The van der Waals surface area contributed by atoms with Crippen molar-refractivity contribution in [1.82, 2.24) is 20.2 Å². The van der Waals surface area contributed by atoms with E-state index in [1.807, 2.05) is 79.7 Å². The van der Waals surface area contributed by atoms with Crippen LogP contribution in [0, 0.1) is 5.82 Å². The number of nitrogens with zero attached hydrogens (tertiary/aromatic N) is 3. The maximum absolute atomic E-state index is 13.5. The molecule has 1 saturated carbocycles. The number of anilines is 2. The van der Waals surface area contributed by atoms with Crippen LogP contribution in [0.5, 0.6) is 0 Å². The van der Waals surface area contributed by atoms with Crippen molar-refractivity contribution in [1.29, 1.82) is 0 Å². The topological polar surface area (TPSA) is 125 Å². The molecule has 1 aliphatic carbocycles. The van der Waals surface area contributed by atoms with Crippen LogP contribution in [-0.2, 0) is 11.3 Å². The molecular weight excluding hydrogens is 617 g/mol. The SMILES string of the molecule is CN(C)C/C=C/C(N)=O.O=C(NC1CCC(Nc2cc(-c3cccc(NCc4cccc(F)c4)n3)c(Cl)cn2)CC1)c1ccccc1. The number of benzene rings is 2. The van der Waals surface area contributed by atoms with Crippen molar-refractivity contribution in [3.05, 3.63) is 119 Å². The van der Waals surface area contributed by atoms with Crippen molar-refractivity contribution < 1.29 is 14.0 Å². The number of primary amides is 1. The summed E-state index contributed by atoms with van der Waals surface area (Å²) in [5, 5.41) is 10.4. The minimum Gasteiger partial charge on any atom is -0.367 e. The van der Waals surface area contributed by atoms with Crippen LogP contribution in [-0.4, -0.2) is 59.4 Å². The normalized spacial score (nSPS) is 15.9. The van der Waals surface area contributed by atoms with Gasteiger partial charge >= 0.3 is 0 Å². The third-order valence-corrected chi connectivity index (χ3v) is 7.75. The minimum atomic E-state index is -0.392. The summed E-state index contributed by atoms with van der Waals surface area (Å²) in [7, 11) is 3.84. The summed E-state index contributed by atoms with van der Waals surface area (Å²) in [6, 6.07) is 23.8. The van der Waals surface area contributed by atoms with Crippen LogP contribution in [0.3, 0.4) is 0 Å². The van der Waals surface area contributed by atoms with Crippen molar-refractivity contribution in [3.8, 4) is 11.3 Å². The van der Waals surface area contributed by atoms with Crippen LogP contribution >= 0.6 is 11.6 Å². The Kier molecular flexibility index (Phi) is 13.3.